The molecule has 5 heteroatoms. The van der Waals surface area contributed by atoms with Gasteiger partial charge in [0, 0.05) is 12.6 Å². The third-order valence-electron chi connectivity index (χ3n) is 2.78. The Kier molecular flexibility index (Phi) is 4.22. The van der Waals surface area contributed by atoms with E-state index >= 15 is 0 Å². The lowest BCUT2D eigenvalue weighted by atomic mass is 10.1. The zero-order valence-electron chi connectivity index (χ0n) is 11.2. The molecular weight excluding hydrogens is 262 g/mol. The van der Waals surface area contributed by atoms with Gasteiger partial charge in [0.2, 0.25) is 0 Å². The number of aryl methyl sites for hydroxylation is 1. The number of hydrogen-bond donors (Lipinski definition) is 1. The molecule has 0 aliphatic rings. The number of benzene rings is 1. The molecule has 0 amide bonds. The number of halogens is 1. The summed E-state index contributed by atoms with van der Waals surface area (Å²) in [6.45, 7) is 4.53. The highest BCUT2D eigenvalue weighted by atomic mass is 35.5. The van der Waals surface area contributed by atoms with Crippen molar-refractivity contribution in [1.29, 1.82) is 0 Å². The van der Waals surface area contributed by atoms with Crippen molar-refractivity contribution in [2.75, 3.05) is 19.0 Å². The number of ether oxygens (including phenoxy) is 1. The number of nitrogens with zero attached hydrogens (tertiary/aromatic N) is 2. The molecule has 2 aromatic rings. The molecule has 0 atom stereocenters. The van der Waals surface area contributed by atoms with Gasteiger partial charge in [0.25, 0.3) is 0 Å². The first-order valence-electron chi connectivity index (χ1n) is 6.10. The predicted octanol–water partition coefficient (Wildman–Crippen LogP) is 3.55. The Hall–Kier alpha value is -1.81. The van der Waals surface area contributed by atoms with E-state index in [4.69, 9.17) is 16.3 Å². The van der Waals surface area contributed by atoms with Gasteiger partial charge < -0.3 is 10.1 Å². The molecule has 1 aromatic carbocycles. The van der Waals surface area contributed by atoms with Gasteiger partial charge in [0.05, 0.1) is 17.3 Å². The van der Waals surface area contributed by atoms with Crippen LogP contribution in [0.15, 0.2) is 24.3 Å². The second-order valence-corrected chi connectivity index (χ2v) is 4.49. The molecule has 0 saturated carbocycles. The Labute approximate surface area is 117 Å². The fourth-order valence-corrected chi connectivity index (χ4v) is 2.02. The molecule has 4 nitrogen and oxygen atoms in total. The third-order valence-corrected chi connectivity index (χ3v) is 3.07. The Bertz CT molecular complexity index is 570. The maximum Gasteiger partial charge on any atom is 0.148 e. The standard InChI is InChI=1S/C14H16ClN3O/c1-4-19-13-7-9(2)10(8-11(13)15)12-5-6-14(16-3)18-17-12/h5-8H,4H2,1-3H3,(H,16,18). The summed E-state index contributed by atoms with van der Waals surface area (Å²) >= 11 is 6.20. The molecule has 0 bridgehead atoms. The lowest BCUT2D eigenvalue weighted by Gasteiger charge is -2.11. The minimum Gasteiger partial charge on any atom is -0.492 e. The van der Waals surface area contributed by atoms with Crippen LogP contribution >= 0.6 is 11.6 Å². The Balaban J connectivity index is 2.41. The number of anilines is 1. The average Bonchev–Trinajstić information content (AvgIpc) is 2.43. The summed E-state index contributed by atoms with van der Waals surface area (Å²) in [4.78, 5) is 0. The van der Waals surface area contributed by atoms with Crippen LogP contribution in [0.2, 0.25) is 5.02 Å². The van der Waals surface area contributed by atoms with Crippen LogP contribution < -0.4 is 10.1 Å². The normalized spacial score (nSPS) is 10.3. The molecule has 0 radical (unpaired) electrons. The van der Waals surface area contributed by atoms with Crippen LogP contribution in [0.3, 0.4) is 0 Å². The topological polar surface area (TPSA) is 47.0 Å². The van der Waals surface area contributed by atoms with Gasteiger partial charge in [-0.1, -0.05) is 11.6 Å². The zero-order chi connectivity index (χ0) is 13.8. The molecule has 0 aliphatic heterocycles. The van der Waals surface area contributed by atoms with Crippen LogP contribution in [0, 0.1) is 6.92 Å². The van der Waals surface area contributed by atoms with Gasteiger partial charge in [0.1, 0.15) is 11.6 Å². The summed E-state index contributed by atoms with van der Waals surface area (Å²) in [6, 6.07) is 7.59. The molecule has 2 rings (SSSR count). The molecule has 1 aromatic heterocycles. The maximum atomic E-state index is 6.20. The van der Waals surface area contributed by atoms with E-state index < -0.39 is 0 Å². The van der Waals surface area contributed by atoms with E-state index in [2.05, 4.69) is 15.5 Å². The predicted molar refractivity (Wildman–Crippen MR) is 77.9 cm³/mol. The Morgan fingerprint density at radius 3 is 2.63 bits per heavy atom. The van der Waals surface area contributed by atoms with Gasteiger partial charge in [-0.3, -0.25) is 0 Å². The summed E-state index contributed by atoms with van der Waals surface area (Å²) in [5, 5.41) is 11.8. The quantitative estimate of drug-likeness (QED) is 0.928. The van der Waals surface area contributed by atoms with Crippen LogP contribution in [-0.4, -0.2) is 23.9 Å². The largest absolute Gasteiger partial charge is 0.492 e. The van der Waals surface area contributed by atoms with Crippen molar-refractivity contribution in [3.63, 3.8) is 0 Å². The molecular formula is C14H16ClN3O. The minimum absolute atomic E-state index is 0.585. The van der Waals surface area contributed by atoms with Crippen LogP contribution in [-0.2, 0) is 0 Å². The fraction of sp³-hybridized carbons (Fsp3) is 0.286. The van der Waals surface area contributed by atoms with Gasteiger partial charge in [0.15, 0.2) is 0 Å². The minimum atomic E-state index is 0.585. The summed E-state index contributed by atoms with van der Waals surface area (Å²) in [5.74, 6) is 1.43. The molecule has 0 aliphatic carbocycles. The van der Waals surface area contributed by atoms with Crippen LogP contribution in [0.25, 0.3) is 11.3 Å². The zero-order valence-corrected chi connectivity index (χ0v) is 12.0. The summed E-state index contributed by atoms with van der Waals surface area (Å²) in [7, 11) is 1.81. The second-order valence-electron chi connectivity index (χ2n) is 4.08. The van der Waals surface area contributed by atoms with Gasteiger partial charge in [-0.25, -0.2) is 0 Å². The smallest absolute Gasteiger partial charge is 0.148 e. The molecule has 1 heterocycles. The van der Waals surface area contributed by atoms with Crippen molar-refractivity contribution in [2.24, 2.45) is 0 Å². The van der Waals surface area contributed by atoms with Crippen molar-refractivity contribution in [3.05, 3.63) is 34.9 Å². The van der Waals surface area contributed by atoms with E-state index in [9.17, 15) is 0 Å². The first kappa shape index (κ1) is 13.6. The lowest BCUT2D eigenvalue weighted by Crippen LogP contribution is -1.97. The molecule has 0 saturated heterocycles. The van der Waals surface area contributed by atoms with Crippen LogP contribution in [0.1, 0.15) is 12.5 Å². The average molecular weight is 278 g/mol. The van der Waals surface area contributed by atoms with E-state index in [0.717, 1.165) is 22.6 Å². The van der Waals surface area contributed by atoms with E-state index in [1.807, 2.05) is 45.2 Å². The Morgan fingerprint density at radius 2 is 2.05 bits per heavy atom. The van der Waals surface area contributed by atoms with Crippen LogP contribution in [0.4, 0.5) is 5.82 Å². The summed E-state index contributed by atoms with van der Waals surface area (Å²) in [5.41, 5.74) is 2.81. The highest BCUT2D eigenvalue weighted by Gasteiger charge is 2.10. The van der Waals surface area contributed by atoms with Gasteiger partial charge in [-0.05, 0) is 43.7 Å². The van der Waals surface area contributed by atoms with E-state index in [1.54, 1.807) is 0 Å². The van der Waals surface area contributed by atoms with Gasteiger partial charge >= 0.3 is 0 Å². The van der Waals surface area contributed by atoms with E-state index in [-0.39, 0.29) is 0 Å². The van der Waals surface area contributed by atoms with Crippen molar-refractivity contribution in [1.82, 2.24) is 10.2 Å². The maximum absolute atomic E-state index is 6.20. The highest BCUT2D eigenvalue weighted by molar-refractivity contribution is 6.32. The van der Waals surface area contributed by atoms with Crippen molar-refractivity contribution < 1.29 is 4.74 Å². The molecule has 100 valence electrons. The van der Waals surface area contributed by atoms with Crippen molar-refractivity contribution >= 4 is 17.4 Å². The van der Waals surface area contributed by atoms with E-state index in [0.29, 0.717) is 17.4 Å². The van der Waals surface area contributed by atoms with Crippen molar-refractivity contribution in [3.8, 4) is 17.0 Å². The van der Waals surface area contributed by atoms with Gasteiger partial charge in [-0.2, -0.15) is 0 Å². The summed E-state index contributed by atoms with van der Waals surface area (Å²) < 4.78 is 5.47. The van der Waals surface area contributed by atoms with Crippen LogP contribution in [0.5, 0.6) is 5.75 Å². The molecule has 0 spiro atoms. The second kappa shape index (κ2) is 5.89. The first-order chi connectivity index (χ1) is 9.15. The summed E-state index contributed by atoms with van der Waals surface area (Å²) in [6.07, 6.45) is 0. The molecule has 0 fully saturated rings. The molecule has 0 unspecified atom stereocenters. The number of hydrogen-bond acceptors (Lipinski definition) is 4. The lowest BCUT2D eigenvalue weighted by molar-refractivity contribution is 0.340. The Morgan fingerprint density at radius 1 is 1.26 bits per heavy atom. The van der Waals surface area contributed by atoms with E-state index in [1.165, 1.54) is 0 Å². The third kappa shape index (κ3) is 2.96. The van der Waals surface area contributed by atoms with Crippen molar-refractivity contribution in [2.45, 2.75) is 13.8 Å². The number of aromatic nitrogens is 2. The first-order valence-corrected chi connectivity index (χ1v) is 6.48. The fourth-order valence-electron chi connectivity index (χ4n) is 1.81. The molecule has 1 N–H and O–H groups in total. The number of rotatable bonds is 4. The number of nitrogens with one attached hydrogen (secondary N) is 1. The molecule has 19 heavy (non-hydrogen) atoms. The highest BCUT2D eigenvalue weighted by Crippen LogP contribution is 2.32. The SMILES string of the molecule is CCOc1cc(C)c(-c2ccc(NC)nn2)cc1Cl. The van der Waals surface area contributed by atoms with Gasteiger partial charge in [-0.15, -0.1) is 10.2 Å². The monoisotopic (exact) mass is 277 g/mol.